The molecular formula is C39H37F5NO5S2-. The number of rotatable bonds is 6. The zero-order valence-electron chi connectivity index (χ0n) is 28.4. The first-order valence-electron chi connectivity index (χ1n) is 17.2. The van der Waals surface area contributed by atoms with Crippen LogP contribution in [0.15, 0.2) is 109 Å². The highest BCUT2D eigenvalue weighted by Crippen LogP contribution is 2.70. The Hall–Kier alpha value is -3.68. The number of allylic oxidation sites excluding steroid dienone is 4. The first kappa shape index (κ1) is 36.7. The fraction of sp³-hybridized carbons (Fsp3) is 0.410. The van der Waals surface area contributed by atoms with Gasteiger partial charge in [-0.25, -0.2) is 8.42 Å². The van der Waals surface area contributed by atoms with E-state index in [1.165, 1.54) is 31.2 Å². The normalized spacial score (nSPS) is 28.6. The quantitative estimate of drug-likeness (QED) is 0.200. The molecular weight excluding hydrogens is 722 g/mol. The van der Waals surface area contributed by atoms with Crippen LogP contribution < -0.4 is 0 Å². The Morgan fingerprint density at radius 3 is 2.10 bits per heavy atom. The van der Waals surface area contributed by atoms with Crippen molar-refractivity contribution in [3.63, 3.8) is 0 Å². The molecule has 0 amide bonds. The molecule has 276 valence electrons. The number of sulfonamides is 1. The molecule has 0 aromatic heterocycles. The van der Waals surface area contributed by atoms with Crippen LogP contribution in [0.4, 0.5) is 22.0 Å². The number of aliphatic hydroxyl groups is 1. The molecule has 3 aromatic rings. The third-order valence-electron chi connectivity index (χ3n) is 11.9. The van der Waals surface area contributed by atoms with Crippen molar-refractivity contribution in [3.8, 4) is 11.1 Å². The predicted molar refractivity (Wildman–Crippen MR) is 185 cm³/mol. The fourth-order valence-electron chi connectivity index (χ4n) is 9.27. The van der Waals surface area contributed by atoms with E-state index < -0.39 is 62.0 Å². The third kappa shape index (κ3) is 5.87. The molecule has 5 unspecified atom stereocenters. The monoisotopic (exact) mass is 758 g/mol. The number of halogens is 5. The molecule has 0 radical (unpaired) electrons. The maximum Gasteiger partial charge on any atom is 0.456 e. The number of nitrogens with zero attached hydrogens (tertiary/aromatic N) is 1. The van der Waals surface area contributed by atoms with Crippen LogP contribution in [0.3, 0.4) is 0 Å². The molecule has 0 bridgehead atoms. The molecule has 5 atom stereocenters. The fourth-order valence-corrected chi connectivity index (χ4v) is 11.5. The van der Waals surface area contributed by atoms with Gasteiger partial charge in [-0.1, -0.05) is 83.6 Å². The van der Waals surface area contributed by atoms with Gasteiger partial charge < -0.3 is 9.32 Å². The van der Waals surface area contributed by atoms with Gasteiger partial charge in [0.05, 0.1) is 4.90 Å². The van der Waals surface area contributed by atoms with Crippen LogP contribution in [0.1, 0.15) is 68.9 Å². The van der Waals surface area contributed by atoms with E-state index in [9.17, 15) is 35.7 Å². The van der Waals surface area contributed by atoms with Gasteiger partial charge in [0.25, 0.3) is 10.0 Å². The Kier molecular flexibility index (Phi) is 8.97. The van der Waals surface area contributed by atoms with Gasteiger partial charge in [0.1, 0.15) is 5.60 Å². The number of aryl methyl sites for hydroxylation is 1. The highest BCUT2D eigenvalue weighted by Gasteiger charge is 2.79. The van der Waals surface area contributed by atoms with Crippen molar-refractivity contribution < 1.29 is 44.5 Å². The summed E-state index contributed by atoms with van der Waals surface area (Å²) in [7, 11) is -6.37. The largest absolute Gasteiger partial charge is 0.456 e. The lowest BCUT2D eigenvalue weighted by atomic mass is 9.50. The third-order valence-corrected chi connectivity index (χ3v) is 14.8. The van der Waals surface area contributed by atoms with Crippen LogP contribution in [0.5, 0.6) is 0 Å². The number of carbonyl (C=O) groups excluding carboxylic acids is 1. The van der Waals surface area contributed by atoms with Crippen LogP contribution in [0.2, 0.25) is 0 Å². The van der Waals surface area contributed by atoms with E-state index in [4.69, 9.17) is 0 Å². The number of hydrogen-bond acceptors (Lipinski definition) is 6. The summed E-state index contributed by atoms with van der Waals surface area (Å²) in [6.07, 6.45) is -3.25. The van der Waals surface area contributed by atoms with Crippen LogP contribution in [0, 0.1) is 24.2 Å². The van der Waals surface area contributed by atoms with Crippen molar-refractivity contribution in [2.24, 2.45) is 21.0 Å². The molecule has 52 heavy (non-hydrogen) atoms. The first-order valence-corrected chi connectivity index (χ1v) is 19.7. The molecule has 0 spiro atoms. The Balaban J connectivity index is 1.22. The molecule has 7 rings (SSSR count). The second-order valence-electron chi connectivity index (χ2n) is 14.7. The first-order chi connectivity index (χ1) is 24.4. The number of ketones is 1. The van der Waals surface area contributed by atoms with E-state index in [-0.39, 0.29) is 34.3 Å². The number of carbonyl (C=O) groups is 1. The minimum atomic E-state index is -5.92. The molecule has 0 aliphatic heterocycles. The molecule has 0 saturated heterocycles. The van der Waals surface area contributed by atoms with Crippen molar-refractivity contribution in [1.82, 2.24) is 0 Å². The van der Waals surface area contributed by atoms with Gasteiger partial charge in [0.15, 0.2) is 5.78 Å². The average molecular weight is 759 g/mol. The lowest BCUT2D eigenvalue weighted by Gasteiger charge is -2.56. The van der Waals surface area contributed by atoms with Crippen LogP contribution in [0.25, 0.3) is 11.1 Å². The van der Waals surface area contributed by atoms with Gasteiger partial charge in [-0.05, 0) is 103 Å². The van der Waals surface area contributed by atoms with Crippen molar-refractivity contribution >= 4 is 26.4 Å². The molecule has 0 heterocycles. The summed E-state index contributed by atoms with van der Waals surface area (Å²) in [5.41, 5.74) is 0.832. The van der Waals surface area contributed by atoms with Gasteiger partial charge in [0.2, 0.25) is 0 Å². The van der Waals surface area contributed by atoms with E-state index in [1.54, 1.807) is 42.5 Å². The zero-order valence-corrected chi connectivity index (χ0v) is 30.1. The smallest absolute Gasteiger partial charge is 0.439 e. The van der Waals surface area contributed by atoms with Crippen molar-refractivity contribution in [1.29, 1.82) is 0 Å². The number of benzene rings is 3. The molecule has 3 aromatic carbocycles. The highest BCUT2D eigenvalue weighted by atomic mass is 32.3. The Morgan fingerprint density at radius 2 is 1.48 bits per heavy atom. The van der Waals surface area contributed by atoms with Gasteiger partial charge >= 0.3 is 12.1 Å². The Labute approximate surface area is 301 Å². The second kappa shape index (κ2) is 12.7. The summed E-state index contributed by atoms with van der Waals surface area (Å²) in [6, 6.07) is 19.6. The van der Waals surface area contributed by atoms with Crippen molar-refractivity contribution in [3.05, 3.63) is 107 Å². The van der Waals surface area contributed by atoms with Crippen LogP contribution >= 0.6 is 0 Å². The molecule has 4 aliphatic rings. The van der Waals surface area contributed by atoms with Crippen molar-refractivity contribution in [2.75, 3.05) is 0 Å². The molecule has 4 aliphatic carbocycles. The average Bonchev–Trinajstić information content (AvgIpc) is 3.38. The van der Waals surface area contributed by atoms with Gasteiger partial charge in [-0.3, -0.25) is 8.56 Å². The topological polar surface area (TPSA) is 101 Å². The summed E-state index contributed by atoms with van der Waals surface area (Å²) < 4.78 is 114. The van der Waals surface area contributed by atoms with E-state index >= 15 is 8.78 Å². The second-order valence-corrected chi connectivity index (χ2v) is 17.7. The van der Waals surface area contributed by atoms with Gasteiger partial charge in [-0.2, -0.15) is 22.0 Å². The van der Waals surface area contributed by atoms with Crippen molar-refractivity contribution in [2.45, 2.75) is 92.2 Å². The molecule has 2 saturated carbocycles. The van der Waals surface area contributed by atoms with E-state index in [0.717, 1.165) is 27.8 Å². The number of fused-ring (bicyclic) bond motifs is 4. The predicted octanol–water partition coefficient (Wildman–Crippen LogP) is 9.39. The van der Waals surface area contributed by atoms with Crippen LogP contribution in [-0.4, -0.2) is 37.0 Å². The summed E-state index contributed by atoms with van der Waals surface area (Å²) in [4.78, 5) is 12.4. The van der Waals surface area contributed by atoms with E-state index in [0.29, 0.717) is 36.8 Å². The molecule has 1 N–H and O–H groups in total. The standard InChI is InChI=1S/C39H37F5NO5S2/c1-23-3-15-30(16-4-23)52(49,50)45-51(48)29-13-9-25(10-14-29)24-5-7-26(8-6-24)33-22-36(2)34(19-20-37(36,47)38(40,41)39(42,43)44)32-17-11-27-21-28(46)12-18-31(27)35(32)33/h3-10,13-16,21,32-34,47H,11-12,17-20,22H2,1-2H3/q-1. The highest BCUT2D eigenvalue weighted by molar-refractivity contribution is 7.96. The maximum absolute atomic E-state index is 15.3. The van der Waals surface area contributed by atoms with Crippen LogP contribution in [-0.2, 0) is 29.6 Å². The summed E-state index contributed by atoms with van der Waals surface area (Å²) in [6.45, 7) is 3.21. The van der Waals surface area contributed by atoms with Gasteiger partial charge in [0, 0.05) is 17.8 Å². The molecule has 2 fully saturated rings. The minimum absolute atomic E-state index is 0.0100. The lowest BCUT2D eigenvalue weighted by Crippen LogP contribution is -2.65. The zero-order chi connectivity index (χ0) is 37.4. The van der Waals surface area contributed by atoms with E-state index in [2.05, 4.69) is 3.77 Å². The Bertz CT molecular complexity index is 2190. The Morgan fingerprint density at radius 1 is 0.865 bits per heavy atom. The SMILES string of the molecule is Cc1ccc(S(=O)(=O)N=[S-](=O)c2ccc(-c3ccc(C4CC5(C)C(CCC5(O)C(F)(F)C(F)(F)F)C5CCC6=CC(=O)CCC6=C45)cc3)cc2)cc1. The summed E-state index contributed by atoms with van der Waals surface area (Å²) in [5.74, 6) is -6.78. The lowest BCUT2D eigenvalue weighted by molar-refractivity contribution is -0.362. The number of alkyl halides is 5. The summed E-state index contributed by atoms with van der Waals surface area (Å²) in [5, 5.41) is 11.5. The number of hydrogen-bond donors (Lipinski definition) is 1. The molecule has 13 heteroatoms. The van der Waals surface area contributed by atoms with E-state index in [1.807, 2.05) is 19.1 Å². The summed E-state index contributed by atoms with van der Waals surface area (Å²) >= 11 is 0. The maximum atomic E-state index is 15.3. The van der Waals surface area contributed by atoms with Gasteiger partial charge in [-0.15, -0.1) is 10.6 Å². The minimum Gasteiger partial charge on any atom is -0.439 e. The molecule has 6 nitrogen and oxygen atoms in total.